The average Bonchev–Trinajstić information content (AvgIpc) is 2.35. The molecule has 1 unspecified atom stereocenters. The van der Waals surface area contributed by atoms with Crippen LogP contribution in [0.3, 0.4) is 0 Å². The van der Waals surface area contributed by atoms with Crippen molar-refractivity contribution in [2.45, 2.75) is 32.0 Å². The number of rotatable bonds is 5. The van der Waals surface area contributed by atoms with Crippen molar-refractivity contribution >= 4 is 5.91 Å². The molecule has 19 heavy (non-hydrogen) atoms. The highest BCUT2D eigenvalue weighted by Crippen LogP contribution is 2.29. The molecule has 0 aliphatic heterocycles. The summed E-state index contributed by atoms with van der Waals surface area (Å²) in [4.78, 5) is 11.6. The first-order valence-electron chi connectivity index (χ1n) is 5.93. The first-order chi connectivity index (χ1) is 8.86. The van der Waals surface area contributed by atoms with Crippen molar-refractivity contribution in [3.05, 3.63) is 35.4 Å². The molecule has 1 aromatic carbocycles. The second-order valence-corrected chi connectivity index (χ2v) is 4.23. The summed E-state index contributed by atoms with van der Waals surface area (Å²) in [7, 11) is 0. The van der Waals surface area contributed by atoms with Crippen LogP contribution in [0, 0.1) is 0 Å². The summed E-state index contributed by atoms with van der Waals surface area (Å²) < 4.78 is 37.0. The molecular formula is C13H16F3NO2. The number of hydrogen-bond acceptors (Lipinski definition) is 2. The smallest absolute Gasteiger partial charge is 0.394 e. The van der Waals surface area contributed by atoms with Crippen LogP contribution in [-0.2, 0) is 17.4 Å². The molecule has 1 rings (SSSR count). The third-order valence-electron chi connectivity index (χ3n) is 2.72. The third kappa shape index (κ3) is 4.90. The highest BCUT2D eigenvalue weighted by molar-refractivity contribution is 5.78. The number of amides is 1. The predicted molar refractivity (Wildman–Crippen MR) is 64.5 cm³/mol. The molecule has 0 fully saturated rings. The van der Waals surface area contributed by atoms with E-state index in [0.29, 0.717) is 12.0 Å². The number of halogens is 3. The van der Waals surface area contributed by atoms with Gasteiger partial charge in [-0.25, -0.2) is 0 Å². The first-order valence-corrected chi connectivity index (χ1v) is 5.93. The lowest BCUT2D eigenvalue weighted by atomic mass is 10.1. The van der Waals surface area contributed by atoms with Crippen molar-refractivity contribution in [2.24, 2.45) is 0 Å². The minimum absolute atomic E-state index is 0.00532. The van der Waals surface area contributed by atoms with Crippen LogP contribution in [0.15, 0.2) is 24.3 Å². The Morgan fingerprint density at radius 3 is 2.32 bits per heavy atom. The van der Waals surface area contributed by atoms with Gasteiger partial charge in [-0.1, -0.05) is 19.1 Å². The fourth-order valence-corrected chi connectivity index (χ4v) is 1.55. The Hall–Kier alpha value is -1.56. The van der Waals surface area contributed by atoms with Crippen molar-refractivity contribution in [1.29, 1.82) is 0 Å². The van der Waals surface area contributed by atoms with Gasteiger partial charge in [0.1, 0.15) is 0 Å². The van der Waals surface area contributed by atoms with Gasteiger partial charge < -0.3 is 10.4 Å². The van der Waals surface area contributed by atoms with E-state index in [0.717, 1.165) is 12.1 Å². The van der Waals surface area contributed by atoms with Gasteiger partial charge in [0.05, 0.1) is 24.6 Å². The number of benzene rings is 1. The Labute approximate surface area is 109 Å². The topological polar surface area (TPSA) is 49.3 Å². The van der Waals surface area contributed by atoms with Gasteiger partial charge >= 0.3 is 6.18 Å². The fraction of sp³-hybridized carbons (Fsp3) is 0.462. The van der Waals surface area contributed by atoms with E-state index < -0.39 is 11.7 Å². The Balaban J connectivity index is 2.61. The van der Waals surface area contributed by atoms with Crippen LogP contribution in [-0.4, -0.2) is 23.7 Å². The number of alkyl halides is 3. The second-order valence-electron chi connectivity index (χ2n) is 4.23. The van der Waals surface area contributed by atoms with Crippen LogP contribution >= 0.6 is 0 Å². The summed E-state index contributed by atoms with van der Waals surface area (Å²) >= 11 is 0. The summed E-state index contributed by atoms with van der Waals surface area (Å²) in [6.07, 6.45) is -3.78. The Kier molecular flexibility index (Phi) is 5.35. The maximum absolute atomic E-state index is 12.3. The van der Waals surface area contributed by atoms with Crippen molar-refractivity contribution in [3.8, 4) is 0 Å². The maximum atomic E-state index is 12.3. The zero-order valence-corrected chi connectivity index (χ0v) is 10.5. The van der Waals surface area contributed by atoms with Crippen LogP contribution in [0.4, 0.5) is 13.2 Å². The number of carbonyl (C=O) groups excluding carboxylic acids is 1. The molecule has 2 N–H and O–H groups in total. The molecule has 3 nitrogen and oxygen atoms in total. The molecule has 1 amide bonds. The molecule has 106 valence electrons. The maximum Gasteiger partial charge on any atom is 0.416 e. The van der Waals surface area contributed by atoms with Gasteiger partial charge in [0, 0.05) is 0 Å². The van der Waals surface area contributed by atoms with Crippen LogP contribution in [0.2, 0.25) is 0 Å². The molecule has 1 atom stereocenters. The van der Waals surface area contributed by atoms with E-state index in [1.807, 2.05) is 6.92 Å². The van der Waals surface area contributed by atoms with E-state index in [1.165, 1.54) is 12.1 Å². The van der Waals surface area contributed by atoms with Crippen molar-refractivity contribution < 1.29 is 23.1 Å². The quantitative estimate of drug-likeness (QED) is 0.865. The van der Waals surface area contributed by atoms with Crippen LogP contribution in [0.5, 0.6) is 0 Å². The van der Waals surface area contributed by atoms with E-state index in [2.05, 4.69) is 5.32 Å². The standard InChI is InChI=1S/C13H16F3NO2/c1-2-11(8-18)17-12(19)7-9-3-5-10(6-4-9)13(14,15)16/h3-6,11,18H,2,7-8H2,1H3,(H,17,19). The molecule has 0 saturated carbocycles. The van der Waals surface area contributed by atoms with Crippen LogP contribution < -0.4 is 5.32 Å². The van der Waals surface area contributed by atoms with Gasteiger partial charge in [-0.2, -0.15) is 13.2 Å². The molecule has 0 aliphatic rings. The molecule has 6 heteroatoms. The van der Waals surface area contributed by atoms with E-state index in [4.69, 9.17) is 5.11 Å². The lowest BCUT2D eigenvalue weighted by Gasteiger charge is -2.14. The van der Waals surface area contributed by atoms with Crippen LogP contribution in [0.1, 0.15) is 24.5 Å². The molecule has 0 aromatic heterocycles. The summed E-state index contributed by atoms with van der Waals surface area (Å²) in [6, 6.07) is 4.14. The summed E-state index contributed by atoms with van der Waals surface area (Å²) in [5, 5.41) is 11.5. The zero-order valence-electron chi connectivity index (χ0n) is 10.5. The van der Waals surface area contributed by atoms with Gasteiger partial charge in [-0.3, -0.25) is 4.79 Å². The molecule has 0 bridgehead atoms. The second kappa shape index (κ2) is 6.56. The minimum atomic E-state index is -4.37. The number of hydrogen-bond donors (Lipinski definition) is 2. The summed E-state index contributed by atoms with van der Waals surface area (Å²) in [5.74, 6) is -0.319. The molecule has 0 heterocycles. The van der Waals surface area contributed by atoms with Gasteiger partial charge in [0.25, 0.3) is 0 Å². The largest absolute Gasteiger partial charge is 0.416 e. The lowest BCUT2D eigenvalue weighted by Crippen LogP contribution is -2.37. The van der Waals surface area contributed by atoms with E-state index in [9.17, 15) is 18.0 Å². The predicted octanol–water partition coefficient (Wildman–Crippen LogP) is 2.13. The van der Waals surface area contributed by atoms with Gasteiger partial charge in [-0.05, 0) is 24.1 Å². The number of aliphatic hydroxyl groups excluding tert-OH is 1. The van der Waals surface area contributed by atoms with Crippen LogP contribution in [0.25, 0.3) is 0 Å². The van der Waals surface area contributed by atoms with Crippen molar-refractivity contribution in [1.82, 2.24) is 5.32 Å². The Morgan fingerprint density at radius 2 is 1.89 bits per heavy atom. The zero-order chi connectivity index (χ0) is 14.5. The van der Waals surface area contributed by atoms with Gasteiger partial charge in [-0.15, -0.1) is 0 Å². The molecule has 0 spiro atoms. The third-order valence-corrected chi connectivity index (χ3v) is 2.72. The number of aliphatic hydroxyl groups is 1. The molecule has 1 aromatic rings. The molecule has 0 aliphatic carbocycles. The summed E-state index contributed by atoms with van der Waals surface area (Å²) in [5.41, 5.74) is -0.239. The molecular weight excluding hydrogens is 259 g/mol. The van der Waals surface area contributed by atoms with E-state index >= 15 is 0 Å². The number of carbonyl (C=O) groups is 1. The fourth-order valence-electron chi connectivity index (χ4n) is 1.55. The highest BCUT2D eigenvalue weighted by atomic mass is 19.4. The average molecular weight is 275 g/mol. The monoisotopic (exact) mass is 275 g/mol. The Morgan fingerprint density at radius 1 is 1.32 bits per heavy atom. The first kappa shape index (κ1) is 15.5. The van der Waals surface area contributed by atoms with Crippen molar-refractivity contribution in [3.63, 3.8) is 0 Å². The SMILES string of the molecule is CCC(CO)NC(=O)Cc1ccc(C(F)(F)F)cc1. The Bertz CT molecular complexity index is 411. The van der Waals surface area contributed by atoms with E-state index in [1.54, 1.807) is 0 Å². The van der Waals surface area contributed by atoms with E-state index in [-0.39, 0.29) is 25.0 Å². The van der Waals surface area contributed by atoms with Crippen molar-refractivity contribution in [2.75, 3.05) is 6.61 Å². The van der Waals surface area contributed by atoms with Gasteiger partial charge in [0.15, 0.2) is 0 Å². The van der Waals surface area contributed by atoms with Gasteiger partial charge in [0.2, 0.25) is 5.91 Å². The minimum Gasteiger partial charge on any atom is -0.394 e. The highest BCUT2D eigenvalue weighted by Gasteiger charge is 2.29. The number of nitrogens with one attached hydrogen (secondary N) is 1. The normalized spacial score (nSPS) is 13.1. The molecule has 0 saturated heterocycles. The lowest BCUT2D eigenvalue weighted by molar-refractivity contribution is -0.137. The molecule has 0 radical (unpaired) electrons. The summed E-state index contributed by atoms with van der Waals surface area (Å²) in [6.45, 7) is 1.66.